The van der Waals surface area contributed by atoms with Crippen molar-refractivity contribution < 1.29 is 0 Å². The molecule has 0 spiro atoms. The van der Waals surface area contributed by atoms with Gasteiger partial charge >= 0.3 is 0 Å². The van der Waals surface area contributed by atoms with Gasteiger partial charge in [0.1, 0.15) is 5.01 Å². The van der Waals surface area contributed by atoms with Crippen LogP contribution in [0.4, 0.5) is 0 Å². The van der Waals surface area contributed by atoms with E-state index in [1.54, 1.807) is 11.3 Å². The summed E-state index contributed by atoms with van der Waals surface area (Å²) in [5, 5.41) is 11.2. The summed E-state index contributed by atoms with van der Waals surface area (Å²) in [7, 11) is 1.96. The maximum Gasteiger partial charge on any atom is 0.110 e. The molecule has 1 atom stereocenters. The minimum atomic E-state index is 0.447. The lowest BCUT2D eigenvalue weighted by atomic mass is 10.1. The summed E-state index contributed by atoms with van der Waals surface area (Å²) in [5.74, 6) is 0. The number of rotatable bonds is 4. The topological polar surface area (TPSA) is 46.0 Å². The molecule has 2 aromatic heterocycles. The van der Waals surface area contributed by atoms with Gasteiger partial charge in [-0.05, 0) is 13.3 Å². The average molecular weight is 305 g/mol. The van der Waals surface area contributed by atoms with Crippen LogP contribution in [0.1, 0.15) is 30.1 Å². The van der Waals surface area contributed by atoms with Crippen LogP contribution in [0.2, 0.25) is 0 Å². The Hall–Kier alpha value is -1.24. The molecule has 0 aromatic carbocycles. The quantitative estimate of drug-likeness (QED) is 0.941. The normalized spacial score (nSPS) is 18.0. The van der Waals surface area contributed by atoms with E-state index < -0.39 is 0 Å². The lowest BCUT2D eigenvalue weighted by Gasteiger charge is -2.33. The molecule has 114 valence electrons. The Labute approximate surface area is 130 Å². The third-order valence-electron chi connectivity index (χ3n) is 4.08. The fourth-order valence-electron chi connectivity index (χ4n) is 3.00. The number of aryl methyl sites for hydroxylation is 2. The molecule has 3 rings (SSSR count). The predicted molar refractivity (Wildman–Crippen MR) is 86.5 cm³/mol. The number of hydrogen-bond acceptors (Lipinski definition) is 5. The standard InChI is InChI=1S/C15H23N5S/c1-4-14(20-7-5-16-6-8-20)15-17-13(10-21-15)12-9-19(3)18-11(12)2/h9-10,14,16H,4-8H2,1-3H3. The molecule has 0 radical (unpaired) electrons. The monoisotopic (exact) mass is 305 g/mol. The maximum absolute atomic E-state index is 4.90. The Bertz CT molecular complexity index is 597. The Balaban J connectivity index is 1.84. The van der Waals surface area contributed by atoms with Crippen LogP contribution in [0.3, 0.4) is 0 Å². The minimum absolute atomic E-state index is 0.447. The van der Waals surface area contributed by atoms with Crippen molar-refractivity contribution >= 4 is 11.3 Å². The molecule has 1 saturated heterocycles. The zero-order valence-electron chi connectivity index (χ0n) is 13.0. The largest absolute Gasteiger partial charge is 0.314 e. The molecule has 21 heavy (non-hydrogen) atoms. The molecule has 5 nitrogen and oxygen atoms in total. The summed E-state index contributed by atoms with van der Waals surface area (Å²) in [4.78, 5) is 7.45. The van der Waals surface area contributed by atoms with Crippen molar-refractivity contribution in [2.75, 3.05) is 26.2 Å². The molecule has 0 aliphatic carbocycles. The zero-order valence-corrected chi connectivity index (χ0v) is 13.8. The number of thiazole rings is 1. The molecule has 1 fully saturated rings. The van der Waals surface area contributed by atoms with Crippen LogP contribution in [0.15, 0.2) is 11.6 Å². The van der Waals surface area contributed by atoms with Crippen LogP contribution in [-0.2, 0) is 7.05 Å². The van der Waals surface area contributed by atoms with Crippen LogP contribution in [0, 0.1) is 6.92 Å². The van der Waals surface area contributed by atoms with E-state index in [2.05, 4.69) is 33.8 Å². The molecule has 1 aliphatic rings. The lowest BCUT2D eigenvalue weighted by Crippen LogP contribution is -2.45. The first-order valence-electron chi connectivity index (χ1n) is 7.60. The van der Waals surface area contributed by atoms with Gasteiger partial charge in [0.25, 0.3) is 0 Å². The first-order chi connectivity index (χ1) is 10.2. The highest BCUT2D eigenvalue weighted by Gasteiger charge is 2.23. The van der Waals surface area contributed by atoms with Gasteiger partial charge in [-0.2, -0.15) is 5.10 Å². The van der Waals surface area contributed by atoms with Crippen LogP contribution < -0.4 is 5.32 Å². The van der Waals surface area contributed by atoms with Crippen molar-refractivity contribution in [2.24, 2.45) is 7.05 Å². The zero-order chi connectivity index (χ0) is 14.8. The van der Waals surface area contributed by atoms with E-state index >= 15 is 0 Å². The second-order valence-electron chi connectivity index (χ2n) is 5.58. The first kappa shape index (κ1) is 14.7. The summed E-state index contributed by atoms with van der Waals surface area (Å²) in [5.41, 5.74) is 3.26. The fraction of sp³-hybridized carbons (Fsp3) is 0.600. The van der Waals surface area contributed by atoms with E-state index in [9.17, 15) is 0 Å². The Morgan fingerprint density at radius 2 is 2.14 bits per heavy atom. The van der Waals surface area contributed by atoms with Crippen LogP contribution in [-0.4, -0.2) is 45.8 Å². The average Bonchev–Trinajstić information content (AvgIpc) is 3.08. The van der Waals surface area contributed by atoms with Gasteiger partial charge in [-0.25, -0.2) is 4.98 Å². The summed E-state index contributed by atoms with van der Waals surface area (Å²) in [6.45, 7) is 8.68. The van der Waals surface area contributed by atoms with E-state index in [1.165, 1.54) is 5.01 Å². The van der Waals surface area contributed by atoms with Gasteiger partial charge < -0.3 is 5.32 Å². The van der Waals surface area contributed by atoms with E-state index in [1.807, 2.05) is 18.7 Å². The Morgan fingerprint density at radius 1 is 1.38 bits per heavy atom. The summed E-state index contributed by atoms with van der Waals surface area (Å²) < 4.78 is 1.86. The smallest absolute Gasteiger partial charge is 0.110 e. The van der Waals surface area contributed by atoms with E-state index in [-0.39, 0.29) is 0 Å². The SMILES string of the molecule is CCC(c1nc(-c2cn(C)nc2C)cs1)N1CCNCC1. The molecule has 0 bridgehead atoms. The van der Waals surface area contributed by atoms with Crippen molar-refractivity contribution in [1.29, 1.82) is 0 Å². The third-order valence-corrected chi connectivity index (χ3v) is 5.02. The number of hydrogen-bond donors (Lipinski definition) is 1. The van der Waals surface area contributed by atoms with E-state index in [0.29, 0.717) is 6.04 Å². The van der Waals surface area contributed by atoms with Crippen molar-refractivity contribution in [3.63, 3.8) is 0 Å². The van der Waals surface area contributed by atoms with Gasteiger partial charge in [0.05, 0.1) is 17.4 Å². The predicted octanol–water partition coefficient (Wildman–Crippen LogP) is 2.21. The van der Waals surface area contributed by atoms with Crippen molar-refractivity contribution in [1.82, 2.24) is 25.0 Å². The van der Waals surface area contributed by atoms with Gasteiger partial charge in [-0.15, -0.1) is 11.3 Å². The number of nitrogens with zero attached hydrogens (tertiary/aromatic N) is 4. The molecule has 3 heterocycles. The molecule has 2 aromatic rings. The van der Waals surface area contributed by atoms with Crippen molar-refractivity contribution in [3.05, 3.63) is 22.3 Å². The molecule has 1 N–H and O–H groups in total. The van der Waals surface area contributed by atoms with Gasteiger partial charge in [0.15, 0.2) is 0 Å². The van der Waals surface area contributed by atoms with Gasteiger partial charge in [0, 0.05) is 50.4 Å². The first-order valence-corrected chi connectivity index (χ1v) is 8.47. The molecule has 1 unspecified atom stereocenters. The highest BCUT2D eigenvalue weighted by molar-refractivity contribution is 7.10. The highest BCUT2D eigenvalue weighted by Crippen LogP contribution is 2.31. The Morgan fingerprint density at radius 3 is 2.76 bits per heavy atom. The second-order valence-corrected chi connectivity index (χ2v) is 6.47. The van der Waals surface area contributed by atoms with Gasteiger partial charge in [0.2, 0.25) is 0 Å². The molecular weight excluding hydrogens is 282 g/mol. The third kappa shape index (κ3) is 3.02. The maximum atomic E-state index is 4.90. The molecule has 0 amide bonds. The number of aromatic nitrogens is 3. The van der Waals surface area contributed by atoms with Crippen LogP contribution in [0.5, 0.6) is 0 Å². The fourth-order valence-corrected chi connectivity index (χ4v) is 4.03. The molecule has 1 aliphatic heterocycles. The summed E-state index contributed by atoms with van der Waals surface area (Å²) in [6.07, 6.45) is 3.17. The van der Waals surface area contributed by atoms with Crippen molar-refractivity contribution in [2.45, 2.75) is 26.3 Å². The van der Waals surface area contributed by atoms with Crippen LogP contribution in [0.25, 0.3) is 11.3 Å². The van der Waals surface area contributed by atoms with Crippen LogP contribution >= 0.6 is 11.3 Å². The summed E-state index contributed by atoms with van der Waals surface area (Å²) in [6, 6.07) is 0.447. The molecule has 6 heteroatoms. The van der Waals surface area contributed by atoms with E-state index in [4.69, 9.17) is 4.98 Å². The Kier molecular flexibility index (Phi) is 4.37. The van der Waals surface area contributed by atoms with Gasteiger partial charge in [-0.3, -0.25) is 9.58 Å². The lowest BCUT2D eigenvalue weighted by molar-refractivity contribution is 0.169. The second kappa shape index (κ2) is 6.25. The van der Waals surface area contributed by atoms with E-state index in [0.717, 1.165) is 49.6 Å². The van der Waals surface area contributed by atoms with Gasteiger partial charge in [-0.1, -0.05) is 6.92 Å². The minimum Gasteiger partial charge on any atom is -0.314 e. The number of nitrogens with one attached hydrogen (secondary N) is 1. The van der Waals surface area contributed by atoms with Crippen molar-refractivity contribution in [3.8, 4) is 11.3 Å². The molecular formula is C15H23N5S. The highest BCUT2D eigenvalue weighted by atomic mass is 32.1. The summed E-state index contributed by atoms with van der Waals surface area (Å²) >= 11 is 1.78. The number of piperazine rings is 1. The molecule has 0 saturated carbocycles.